The van der Waals surface area contributed by atoms with Crippen molar-refractivity contribution < 1.29 is 18.0 Å². The first-order valence-electron chi connectivity index (χ1n) is 6.99. The van der Waals surface area contributed by atoms with Crippen molar-refractivity contribution in [1.29, 1.82) is 0 Å². The summed E-state index contributed by atoms with van der Waals surface area (Å²) in [6.45, 7) is 0. The van der Waals surface area contributed by atoms with Gasteiger partial charge >= 0.3 is 6.18 Å². The molecule has 2 aromatic rings. The van der Waals surface area contributed by atoms with Crippen LogP contribution in [0.25, 0.3) is 0 Å². The Morgan fingerprint density at radius 3 is 2.39 bits per heavy atom. The first-order chi connectivity index (χ1) is 11.0. The van der Waals surface area contributed by atoms with E-state index in [0.29, 0.717) is 6.42 Å². The summed E-state index contributed by atoms with van der Waals surface area (Å²) >= 11 is 0. The molecule has 0 aliphatic heterocycles. The number of hydrogen-bond donors (Lipinski definition) is 1. The highest BCUT2D eigenvalue weighted by atomic mass is 19.4. The predicted molar refractivity (Wildman–Crippen MR) is 81.9 cm³/mol. The molecule has 0 aliphatic carbocycles. The molecule has 0 aromatic heterocycles. The van der Waals surface area contributed by atoms with Crippen molar-refractivity contribution in [3.63, 3.8) is 0 Å². The minimum Gasteiger partial charge on any atom is -0.273 e. The van der Waals surface area contributed by atoms with Crippen molar-refractivity contribution in [2.24, 2.45) is 5.10 Å². The predicted octanol–water partition coefficient (Wildman–Crippen LogP) is 3.79. The second kappa shape index (κ2) is 7.58. The first-order valence-corrected chi connectivity index (χ1v) is 6.99. The van der Waals surface area contributed by atoms with Crippen molar-refractivity contribution in [3.8, 4) is 0 Å². The zero-order valence-corrected chi connectivity index (χ0v) is 12.2. The highest BCUT2D eigenvalue weighted by molar-refractivity contribution is 5.84. The Labute approximate surface area is 131 Å². The smallest absolute Gasteiger partial charge is 0.273 e. The topological polar surface area (TPSA) is 41.5 Å². The molecular weight excluding hydrogens is 305 g/mol. The summed E-state index contributed by atoms with van der Waals surface area (Å²) in [7, 11) is 0. The molecule has 0 heterocycles. The van der Waals surface area contributed by atoms with Crippen molar-refractivity contribution >= 4 is 12.1 Å². The van der Waals surface area contributed by atoms with Gasteiger partial charge in [-0.3, -0.25) is 4.79 Å². The average Bonchev–Trinajstić information content (AvgIpc) is 2.53. The molecule has 0 radical (unpaired) electrons. The molecule has 120 valence electrons. The van der Waals surface area contributed by atoms with Gasteiger partial charge in [-0.1, -0.05) is 48.5 Å². The lowest BCUT2D eigenvalue weighted by molar-refractivity contribution is -0.137. The zero-order chi connectivity index (χ0) is 16.7. The van der Waals surface area contributed by atoms with Crippen molar-refractivity contribution in [3.05, 3.63) is 71.3 Å². The van der Waals surface area contributed by atoms with Crippen LogP contribution < -0.4 is 5.43 Å². The molecule has 0 unspecified atom stereocenters. The van der Waals surface area contributed by atoms with Crippen molar-refractivity contribution in [2.45, 2.75) is 19.0 Å². The van der Waals surface area contributed by atoms with E-state index in [-0.39, 0.29) is 17.9 Å². The molecule has 0 fully saturated rings. The number of nitrogens with zero attached hydrogens (tertiary/aromatic N) is 1. The van der Waals surface area contributed by atoms with E-state index in [0.717, 1.165) is 17.8 Å². The van der Waals surface area contributed by atoms with Crippen molar-refractivity contribution in [2.75, 3.05) is 0 Å². The fourth-order valence-electron chi connectivity index (χ4n) is 2.00. The van der Waals surface area contributed by atoms with Crippen LogP contribution in [0, 0.1) is 0 Å². The monoisotopic (exact) mass is 320 g/mol. The quantitative estimate of drug-likeness (QED) is 0.661. The van der Waals surface area contributed by atoms with Gasteiger partial charge in [0.1, 0.15) is 0 Å². The summed E-state index contributed by atoms with van der Waals surface area (Å²) in [6, 6.07) is 14.5. The van der Waals surface area contributed by atoms with E-state index in [2.05, 4.69) is 10.5 Å². The Kier molecular flexibility index (Phi) is 5.51. The molecule has 0 aliphatic rings. The number of carbonyl (C=O) groups is 1. The summed E-state index contributed by atoms with van der Waals surface area (Å²) in [5, 5.41) is 3.60. The standard InChI is InChI=1S/C17H15F3N2O/c18-17(19,20)15-9-5-4-8-14(15)12-21-22-16(23)11-10-13-6-2-1-3-7-13/h1-9,12H,10-11H2,(H,22,23)/b21-12+. The van der Waals surface area contributed by atoms with Gasteiger partial charge in [0.05, 0.1) is 11.8 Å². The summed E-state index contributed by atoms with van der Waals surface area (Å²) in [6.07, 6.45) is -2.70. The van der Waals surface area contributed by atoms with Crippen LogP contribution in [0.5, 0.6) is 0 Å². The minimum absolute atomic E-state index is 0.0941. The SMILES string of the molecule is O=C(CCc1ccccc1)N/N=C/c1ccccc1C(F)(F)F. The molecule has 0 atom stereocenters. The number of hydrogen-bond acceptors (Lipinski definition) is 2. The Morgan fingerprint density at radius 2 is 1.70 bits per heavy atom. The molecule has 23 heavy (non-hydrogen) atoms. The molecule has 1 N–H and O–H groups in total. The maximum absolute atomic E-state index is 12.8. The molecule has 2 rings (SSSR count). The van der Waals surface area contributed by atoms with E-state index in [1.165, 1.54) is 18.2 Å². The highest BCUT2D eigenvalue weighted by Gasteiger charge is 2.32. The molecule has 6 heteroatoms. The molecule has 3 nitrogen and oxygen atoms in total. The Morgan fingerprint density at radius 1 is 1.04 bits per heavy atom. The first kappa shape index (κ1) is 16.7. The lowest BCUT2D eigenvalue weighted by Crippen LogP contribution is -2.18. The number of hydrazone groups is 1. The van der Waals surface area contributed by atoms with Gasteiger partial charge in [-0.15, -0.1) is 0 Å². The normalized spacial score (nSPS) is 11.6. The maximum Gasteiger partial charge on any atom is 0.417 e. The third-order valence-corrected chi connectivity index (χ3v) is 3.14. The number of halogens is 3. The van der Waals surface area contributed by atoms with Crippen LogP contribution in [0.4, 0.5) is 13.2 Å². The fraction of sp³-hybridized carbons (Fsp3) is 0.176. The molecule has 0 spiro atoms. The Bertz CT molecular complexity index is 682. The minimum atomic E-state index is -4.46. The number of rotatable bonds is 5. The summed E-state index contributed by atoms with van der Waals surface area (Å²) in [5.74, 6) is -0.352. The lowest BCUT2D eigenvalue weighted by Gasteiger charge is -2.09. The van der Waals surface area contributed by atoms with Gasteiger partial charge < -0.3 is 0 Å². The van der Waals surface area contributed by atoms with Crippen LogP contribution in [0.1, 0.15) is 23.1 Å². The molecule has 1 amide bonds. The van der Waals surface area contributed by atoms with Crippen molar-refractivity contribution in [1.82, 2.24) is 5.43 Å². The van der Waals surface area contributed by atoms with Crippen LogP contribution in [-0.2, 0) is 17.4 Å². The van der Waals surface area contributed by atoms with Gasteiger partial charge in [-0.25, -0.2) is 5.43 Å². The van der Waals surface area contributed by atoms with Gasteiger partial charge in [0.2, 0.25) is 5.91 Å². The molecule has 0 saturated carbocycles. The van der Waals surface area contributed by atoms with Crippen LogP contribution in [-0.4, -0.2) is 12.1 Å². The Hall–Kier alpha value is -2.63. The maximum atomic E-state index is 12.8. The summed E-state index contributed by atoms with van der Waals surface area (Å²) in [4.78, 5) is 11.6. The third-order valence-electron chi connectivity index (χ3n) is 3.14. The molecular formula is C17H15F3N2O. The van der Waals surface area contributed by atoms with E-state index in [1.54, 1.807) is 0 Å². The van der Waals surface area contributed by atoms with E-state index in [1.807, 2.05) is 30.3 Å². The molecule has 2 aromatic carbocycles. The zero-order valence-electron chi connectivity index (χ0n) is 12.2. The van der Waals surface area contributed by atoms with Crippen LogP contribution >= 0.6 is 0 Å². The average molecular weight is 320 g/mol. The van der Waals surface area contributed by atoms with Gasteiger partial charge in [-0.05, 0) is 18.1 Å². The fourth-order valence-corrected chi connectivity index (χ4v) is 2.00. The second-order valence-corrected chi connectivity index (χ2v) is 4.86. The van der Waals surface area contributed by atoms with Gasteiger partial charge in [0.25, 0.3) is 0 Å². The number of alkyl halides is 3. The van der Waals surface area contributed by atoms with E-state index < -0.39 is 11.7 Å². The third kappa shape index (κ3) is 5.25. The number of amides is 1. The number of nitrogens with one attached hydrogen (secondary N) is 1. The summed E-state index contributed by atoms with van der Waals surface area (Å²) < 4.78 is 38.4. The van der Waals surface area contributed by atoms with Crippen LogP contribution in [0.15, 0.2) is 59.7 Å². The molecule has 0 bridgehead atoms. The second-order valence-electron chi connectivity index (χ2n) is 4.86. The highest BCUT2D eigenvalue weighted by Crippen LogP contribution is 2.30. The lowest BCUT2D eigenvalue weighted by atomic mass is 10.1. The number of benzene rings is 2. The molecule has 0 saturated heterocycles. The van der Waals surface area contributed by atoms with E-state index >= 15 is 0 Å². The number of carbonyl (C=O) groups excluding carboxylic acids is 1. The largest absolute Gasteiger partial charge is 0.417 e. The summed E-state index contributed by atoms with van der Waals surface area (Å²) in [5.41, 5.74) is 2.37. The number of aryl methyl sites for hydroxylation is 1. The Balaban J connectivity index is 1.91. The van der Waals surface area contributed by atoms with E-state index in [4.69, 9.17) is 0 Å². The van der Waals surface area contributed by atoms with Crippen LogP contribution in [0.2, 0.25) is 0 Å². The van der Waals surface area contributed by atoms with Gasteiger partial charge in [-0.2, -0.15) is 18.3 Å². The van der Waals surface area contributed by atoms with Gasteiger partial charge in [0.15, 0.2) is 0 Å². The van der Waals surface area contributed by atoms with Gasteiger partial charge in [0, 0.05) is 12.0 Å². The van der Waals surface area contributed by atoms with E-state index in [9.17, 15) is 18.0 Å². The van der Waals surface area contributed by atoms with Crippen LogP contribution in [0.3, 0.4) is 0 Å².